The summed E-state index contributed by atoms with van der Waals surface area (Å²) in [4.78, 5) is 5.39. The van der Waals surface area contributed by atoms with Crippen LogP contribution in [0.15, 0.2) is 47.4 Å². The molecular formula is C20H21N3O. The predicted molar refractivity (Wildman–Crippen MR) is 97.1 cm³/mol. The summed E-state index contributed by atoms with van der Waals surface area (Å²) in [7, 11) is 4.09. The van der Waals surface area contributed by atoms with E-state index >= 15 is 0 Å². The first-order chi connectivity index (χ1) is 11.6. The number of hydrogen-bond donors (Lipinski definition) is 0. The minimum Gasteiger partial charge on any atom is -0.493 e. The molecule has 0 N–H and O–H groups in total. The minimum atomic E-state index is 0.146. The Labute approximate surface area is 143 Å². The van der Waals surface area contributed by atoms with E-state index in [0.29, 0.717) is 18.8 Å². The van der Waals surface area contributed by atoms with Crippen molar-refractivity contribution in [3.05, 3.63) is 69.9 Å². The molecule has 0 amide bonds. The average molecular weight is 319 g/mol. The number of nitrogens with zero attached hydrogens (tertiary/aromatic N) is 3. The highest BCUT2D eigenvalue weighted by Crippen LogP contribution is 2.24. The number of hydrogen-bond acceptors (Lipinski definition) is 3. The molecule has 4 nitrogen and oxygen atoms in total. The maximum Gasteiger partial charge on any atom is 0.265 e. The standard InChI is InChI=1S/C20H21N3O/c1-5-16-12-15(7-9-20(16)23(3)4)6-8-18-13-17(10-11-24-18)19(14-21)22-2/h6-9,12-13H,5,10-11H2,1,3-4H3. The molecule has 0 fully saturated rings. The lowest BCUT2D eigenvalue weighted by Crippen LogP contribution is -2.11. The van der Waals surface area contributed by atoms with E-state index < -0.39 is 0 Å². The second kappa shape index (κ2) is 8.04. The lowest BCUT2D eigenvalue weighted by Gasteiger charge is -2.17. The van der Waals surface area contributed by atoms with Gasteiger partial charge in [-0.25, -0.2) is 10.1 Å². The molecule has 1 aromatic rings. The minimum absolute atomic E-state index is 0.146. The van der Waals surface area contributed by atoms with Gasteiger partial charge in [-0.2, -0.15) is 0 Å². The van der Waals surface area contributed by atoms with Gasteiger partial charge in [0.25, 0.3) is 5.70 Å². The molecule has 0 atom stereocenters. The highest BCUT2D eigenvalue weighted by molar-refractivity contribution is 5.61. The Kier molecular flexibility index (Phi) is 5.82. The highest BCUT2D eigenvalue weighted by atomic mass is 16.5. The maximum absolute atomic E-state index is 8.99. The molecule has 4 heteroatoms. The van der Waals surface area contributed by atoms with Crippen LogP contribution in [0, 0.1) is 17.9 Å². The SMILES string of the molecule is [C-]#[N+]C(C#N)=C1C=C(C=Cc2ccc(N(C)C)c(CC)c2)OCC1. The van der Waals surface area contributed by atoms with E-state index in [-0.39, 0.29) is 5.70 Å². The lowest BCUT2D eigenvalue weighted by molar-refractivity contribution is 0.219. The summed E-state index contributed by atoms with van der Waals surface area (Å²) in [6.45, 7) is 9.69. The van der Waals surface area contributed by atoms with Crippen molar-refractivity contribution in [1.29, 1.82) is 5.26 Å². The molecule has 1 aliphatic heterocycles. The summed E-state index contributed by atoms with van der Waals surface area (Å²) in [6, 6.07) is 8.31. The number of nitriles is 1. The number of rotatable bonds is 4. The molecule has 1 aliphatic rings. The van der Waals surface area contributed by atoms with Crippen LogP contribution >= 0.6 is 0 Å². The highest BCUT2D eigenvalue weighted by Gasteiger charge is 2.11. The molecule has 122 valence electrons. The lowest BCUT2D eigenvalue weighted by atomic mass is 10.0. The monoisotopic (exact) mass is 319 g/mol. The van der Waals surface area contributed by atoms with Crippen molar-refractivity contribution in [2.75, 3.05) is 25.6 Å². The fourth-order valence-corrected chi connectivity index (χ4v) is 2.62. The van der Waals surface area contributed by atoms with Crippen molar-refractivity contribution in [2.45, 2.75) is 19.8 Å². The van der Waals surface area contributed by atoms with Crippen LogP contribution in [0.2, 0.25) is 0 Å². The largest absolute Gasteiger partial charge is 0.493 e. The molecule has 0 saturated carbocycles. The second-order valence-electron chi connectivity index (χ2n) is 5.71. The molecule has 0 saturated heterocycles. The van der Waals surface area contributed by atoms with Gasteiger partial charge in [-0.3, -0.25) is 0 Å². The van der Waals surface area contributed by atoms with Gasteiger partial charge in [0.15, 0.2) is 0 Å². The molecule has 1 heterocycles. The van der Waals surface area contributed by atoms with Gasteiger partial charge < -0.3 is 9.64 Å². The van der Waals surface area contributed by atoms with Crippen LogP contribution in [-0.4, -0.2) is 20.7 Å². The van der Waals surface area contributed by atoms with Crippen LogP contribution < -0.4 is 4.90 Å². The zero-order valence-corrected chi connectivity index (χ0v) is 14.3. The van der Waals surface area contributed by atoms with Crippen LogP contribution in [0.25, 0.3) is 10.9 Å². The van der Waals surface area contributed by atoms with E-state index in [9.17, 15) is 0 Å². The molecule has 0 spiro atoms. The van der Waals surface area contributed by atoms with Gasteiger partial charge >= 0.3 is 0 Å². The van der Waals surface area contributed by atoms with Gasteiger partial charge in [-0.1, -0.05) is 19.1 Å². The van der Waals surface area contributed by atoms with Crippen molar-refractivity contribution < 1.29 is 4.74 Å². The number of ether oxygens (including phenoxy) is 1. The molecule has 0 unspecified atom stereocenters. The maximum atomic E-state index is 8.99. The third kappa shape index (κ3) is 4.06. The van der Waals surface area contributed by atoms with Crippen LogP contribution in [0.3, 0.4) is 0 Å². The summed E-state index contributed by atoms with van der Waals surface area (Å²) in [6.07, 6.45) is 7.24. The molecule has 0 radical (unpaired) electrons. The summed E-state index contributed by atoms with van der Waals surface area (Å²) < 4.78 is 5.61. The number of anilines is 1. The van der Waals surface area contributed by atoms with E-state index in [4.69, 9.17) is 16.6 Å². The fraction of sp³-hybridized carbons (Fsp3) is 0.300. The zero-order valence-electron chi connectivity index (χ0n) is 14.3. The first-order valence-corrected chi connectivity index (χ1v) is 7.92. The summed E-state index contributed by atoms with van der Waals surface area (Å²) >= 11 is 0. The third-order valence-electron chi connectivity index (χ3n) is 3.88. The van der Waals surface area contributed by atoms with Gasteiger partial charge in [-0.15, -0.1) is 0 Å². The Balaban J connectivity index is 2.27. The van der Waals surface area contributed by atoms with Gasteiger partial charge in [-0.05, 0) is 53.8 Å². The van der Waals surface area contributed by atoms with E-state index in [1.54, 1.807) is 6.08 Å². The molecule has 24 heavy (non-hydrogen) atoms. The van der Waals surface area contributed by atoms with Crippen molar-refractivity contribution in [3.8, 4) is 6.07 Å². The molecule has 2 rings (SSSR count). The van der Waals surface area contributed by atoms with Crippen LogP contribution in [0.1, 0.15) is 24.5 Å². The van der Waals surface area contributed by atoms with Crippen LogP contribution in [-0.2, 0) is 11.2 Å². The summed E-state index contributed by atoms with van der Waals surface area (Å²) in [5.74, 6) is 0.683. The van der Waals surface area contributed by atoms with E-state index in [1.807, 2.05) is 32.3 Å². The Morgan fingerprint density at radius 1 is 1.42 bits per heavy atom. The van der Waals surface area contributed by atoms with E-state index in [1.165, 1.54) is 11.3 Å². The van der Waals surface area contributed by atoms with Crippen LogP contribution in [0.4, 0.5) is 5.69 Å². The van der Waals surface area contributed by atoms with Crippen molar-refractivity contribution >= 4 is 11.8 Å². The molecule has 1 aromatic carbocycles. The molecule has 0 aliphatic carbocycles. The smallest absolute Gasteiger partial charge is 0.265 e. The van der Waals surface area contributed by atoms with Gasteiger partial charge in [0.2, 0.25) is 0 Å². The Morgan fingerprint density at radius 2 is 2.21 bits per heavy atom. The number of aryl methyl sites for hydroxylation is 1. The third-order valence-corrected chi connectivity index (χ3v) is 3.88. The Morgan fingerprint density at radius 3 is 2.83 bits per heavy atom. The first-order valence-electron chi connectivity index (χ1n) is 7.92. The predicted octanol–water partition coefficient (Wildman–Crippen LogP) is 4.33. The van der Waals surface area contributed by atoms with Gasteiger partial charge in [0, 0.05) is 19.8 Å². The second-order valence-corrected chi connectivity index (χ2v) is 5.71. The quantitative estimate of drug-likeness (QED) is 0.612. The number of benzene rings is 1. The summed E-state index contributed by atoms with van der Waals surface area (Å²) in [5.41, 5.74) is 4.51. The molecule has 0 aromatic heterocycles. The number of allylic oxidation sites excluding steroid dienone is 3. The average Bonchev–Trinajstić information content (AvgIpc) is 2.61. The van der Waals surface area contributed by atoms with Crippen molar-refractivity contribution in [3.63, 3.8) is 0 Å². The zero-order chi connectivity index (χ0) is 17.5. The van der Waals surface area contributed by atoms with Crippen LogP contribution in [0.5, 0.6) is 0 Å². The topological polar surface area (TPSA) is 40.6 Å². The van der Waals surface area contributed by atoms with E-state index in [0.717, 1.165) is 17.6 Å². The van der Waals surface area contributed by atoms with Gasteiger partial charge in [0.1, 0.15) is 5.76 Å². The molecular weight excluding hydrogens is 298 g/mol. The van der Waals surface area contributed by atoms with Gasteiger partial charge in [0.05, 0.1) is 19.2 Å². The Bertz CT molecular complexity index is 770. The molecule has 0 bridgehead atoms. The fourth-order valence-electron chi connectivity index (χ4n) is 2.62. The summed E-state index contributed by atoms with van der Waals surface area (Å²) in [5, 5.41) is 8.99. The Hall–Kier alpha value is -2.98. The van der Waals surface area contributed by atoms with Crippen molar-refractivity contribution in [2.24, 2.45) is 0 Å². The van der Waals surface area contributed by atoms with Crippen molar-refractivity contribution in [1.82, 2.24) is 0 Å². The van der Waals surface area contributed by atoms with E-state index in [2.05, 4.69) is 34.9 Å². The normalized spacial score (nSPS) is 16.0. The first kappa shape index (κ1) is 17.4.